The number of amides is 2. The smallest absolute Gasteiger partial charge is 0.265 e. The average Bonchev–Trinajstić information content (AvgIpc) is 2.53. The van der Waals surface area contributed by atoms with Crippen LogP contribution in [0.4, 0.5) is 0 Å². The molecule has 3 N–H and O–H groups in total. The van der Waals surface area contributed by atoms with Crippen LogP contribution in [0.2, 0.25) is 0 Å². The quantitative estimate of drug-likeness (QED) is 0.825. The van der Waals surface area contributed by atoms with E-state index < -0.39 is 6.10 Å². The van der Waals surface area contributed by atoms with Crippen molar-refractivity contribution in [3.63, 3.8) is 0 Å². The number of fused-ring (bicyclic) bond motifs is 1. The van der Waals surface area contributed by atoms with Gasteiger partial charge < -0.3 is 20.5 Å². The predicted molar refractivity (Wildman–Crippen MR) is 87.7 cm³/mol. The zero-order valence-electron chi connectivity index (χ0n) is 13.7. The van der Waals surface area contributed by atoms with E-state index >= 15 is 0 Å². The highest BCUT2D eigenvalue weighted by molar-refractivity contribution is 5.82. The van der Waals surface area contributed by atoms with Crippen LogP contribution in [0.1, 0.15) is 19.8 Å². The van der Waals surface area contributed by atoms with Crippen LogP contribution in [-0.2, 0) is 9.59 Å². The van der Waals surface area contributed by atoms with E-state index in [-0.39, 0.29) is 30.5 Å². The molecule has 3 atom stereocenters. The first kappa shape index (κ1) is 16.6. The summed E-state index contributed by atoms with van der Waals surface area (Å²) in [6.07, 6.45) is 0.731. The maximum Gasteiger partial charge on any atom is 0.265 e. The molecule has 2 amide bonds. The van der Waals surface area contributed by atoms with Crippen LogP contribution in [-0.4, -0.2) is 54.6 Å². The molecule has 0 radical (unpaired) electrons. The summed E-state index contributed by atoms with van der Waals surface area (Å²) in [5.41, 5.74) is 5.25. The molecule has 0 aromatic heterocycles. The molecule has 1 aromatic rings. The van der Waals surface area contributed by atoms with Gasteiger partial charge >= 0.3 is 0 Å². The fraction of sp³-hybridized carbons (Fsp3) is 0.529. The van der Waals surface area contributed by atoms with Crippen molar-refractivity contribution < 1.29 is 19.1 Å². The molecular weight excluding hydrogens is 310 g/mol. The second-order valence-corrected chi connectivity index (χ2v) is 6.36. The summed E-state index contributed by atoms with van der Waals surface area (Å²) in [5.74, 6) is 0.688. The number of nitrogens with one attached hydrogen (secondary N) is 1. The average molecular weight is 333 g/mol. The standard InChI is InChI=1S/C17H23N3O4/c1-11-16(24-14-7-3-2-6-13(14)23-11)17(22)19-12-5-4-8-20(9-12)10-15(18)21/h2-3,6-7,11-12,16H,4-5,8-10H2,1H3,(H2,18,21)(H,19,22)/t11-,12-,16+/m0/s1. The Hall–Kier alpha value is -2.28. The Kier molecular flexibility index (Phi) is 4.89. The number of carbonyl (C=O) groups is 2. The highest BCUT2D eigenvalue weighted by Crippen LogP contribution is 2.33. The number of primary amides is 1. The molecule has 0 bridgehead atoms. The number of rotatable bonds is 4. The van der Waals surface area contributed by atoms with Gasteiger partial charge in [-0.1, -0.05) is 12.1 Å². The molecule has 2 heterocycles. The number of para-hydroxylation sites is 2. The Morgan fingerprint density at radius 2 is 2.00 bits per heavy atom. The van der Waals surface area contributed by atoms with Crippen molar-refractivity contribution in [3.8, 4) is 11.5 Å². The third-order valence-corrected chi connectivity index (χ3v) is 4.33. The van der Waals surface area contributed by atoms with Gasteiger partial charge in [-0.2, -0.15) is 0 Å². The van der Waals surface area contributed by atoms with E-state index in [9.17, 15) is 9.59 Å². The van der Waals surface area contributed by atoms with Gasteiger partial charge in [0, 0.05) is 12.6 Å². The van der Waals surface area contributed by atoms with Crippen molar-refractivity contribution in [1.29, 1.82) is 0 Å². The molecule has 0 aliphatic carbocycles. The molecule has 24 heavy (non-hydrogen) atoms. The van der Waals surface area contributed by atoms with Crippen molar-refractivity contribution in [2.75, 3.05) is 19.6 Å². The SMILES string of the molecule is C[C@@H]1Oc2ccccc2O[C@H]1C(=O)N[C@H]1CCCN(CC(N)=O)C1. The fourth-order valence-corrected chi connectivity index (χ4v) is 3.23. The summed E-state index contributed by atoms with van der Waals surface area (Å²) in [4.78, 5) is 25.6. The van der Waals surface area contributed by atoms with E-state index in [1.54, 1.807) is 6.07 Å². The van der Waals surface area contributed by atoms with E-state index in [1.165, 1.54) is 0 Å². The molecule has 3 rings (SSSR count). The van der Waals surface area contributed by atoms with Gasteiger partial charge in [0.05, 0.1) is 6.54 Å². The van der Waals surface area contributed by atoms with E-state index in [0.29, 0.717) is 18.0 Å². The molecule has 130 valence electrons. The van der Waals surface area contributed by atoms with Gasteiger partial charge in [-0.25, -0.2) is 0 Å². The summed E-state index contributed by atoms with van der Waals surface area (Å²) in [6, 6.07) is 7.30. The van der Waals surface area contributed by atoms with Crippen molar-refractivity contribution in [2.45, 2.75) is 38.0 Å². The van der Waals surface area contributed by atoms with Crippen LogP contribution < -0.4 is 20.5 Å². The van der Waals surface area contributed by atoms with E-state index in [4.69, 9.17) is 15.2 Å². The summed E-state index contributed by atoms with van der Waals surface area (Å²) in [6.45, 7) is 3.48. The molecule has 1 fully saturated rings. The summed E-state index contributed by atoms with van der Waals surface area (Å²) >= 11 is 0. The number of carbonyl (C=O) groups excluding carboxylic acids is 2. The van der Waals surface area contributed by atoms with Crippen LogP contribution in [0, 0.1) is 0 Å². The Labute approximate surface area is 141 Å². The van der Waals surface area contributed by atoms with E-state index in [0.717, 1.165) is 19.4 Å². The topological polar surface area (TPSA) is 93.9 Å². The third kappa shape index (κ3) is 3.79. The molecular formula is C17H23N3O4. The molecule has 1 aromatic carbocycles. The predicted octanol–water partition coefficient (Wildman–Crippen LogP) is 0.281. The minimum Gasteiger partial charge on any atom is -0.482 e. The minimum atomic E-state index is -0.689. The number of hydrogen-bond acceptors (Lipinski definition) is 5. The number of benzene rings is 1. The normalized spacial score (nSPS) is 26.6. The molecule has 7 heteroatoms. The monoisotopic (exact) mass is 333 g/mol. The van der Waals surface area contributed by atoms with Crippen LogP contribution in [0.25, 0.3) is 0 Å². The molecule has 7 nitrogen and oxygen atoms in total. The van der Waals surface area contributed by atoms with Gasteiger partial charge in [-0.05, 0) is 38.4 Å². The molecule has 0 spiro atoms. The van der Waals surface area contributed by atoms with Crippen molar-refractivity contribution in [1.82, 2.24) is 10.2 Å². The van der Waals surface area contributed by atoms with Gasteiger partial charge in [0.2, 0.25) is 12.0 Å². The minimum absolute atomic E-state index is 0.0152. The Bertz CT molecular complexity index is 622. The molecule has 0 saturated carbocycles. The molecule has 2 aliphatic rings. The third-order valence-electron chi connectivity index (χ3n) is 4.33. The number of ether oxygens (including phenoxy) is 2. The second kappa shape index (κ2) is 7.09. The summed E-state index contributed by atoms with van der Waals surface area (Å²) in [5, 5.41) is 3.02. The first-order valence-corrected chi connectivity index (χ1v) is 8.26. The van der Waals surface area contributed by atoms with Crippen molar-refractivity contribution in [2.24, 2.45) is 5.73 Å². The van der Waals surface area contributed by atoms with Gasteiger partial charge in [-0.15, -0.1) is 0 Å². The number of likely N-dealkylation sites (tertiary alicyclic amines) is 1. The number of piperidine rings is 1. The Morgan fingerprint density at radius 3 is 2.71 bits per heavy atom. The summed E-state index contributed by atoms with van der Waals surface area (Å²) in [7, 11) is 0. The zero-order valence-corrected chi connectivity index (χ0v) is 13.7. The first-order chi connectivity index (χ1) is 11.5. The van der Waals surface area contributed by atoms with Gasteiger partial charge in [0.1, 0.15) is 6.10 Å². The lowest BCUT2D eigenvalue weighted by molar-refractivity contribution is -0.134. The maximum atomic E-state index is 12.6. The van der Waals surface area contributed by atoms with E-state index in [1.807, 2.05) is 30.0 Å². The van der Waals surface area contributed by atoms with E-state index in [2.05, 4.69) is 5.32 Å². The molecule has 0 unspecified atom stereocenters. The van der Waals surface area contributed by atoms with Crippen LogP contribution in [0.15, 0.2) is 24.3 Å². The number of nitrogens with two attached hydrogens (primary N) is 1. The maximum absolute atomic E-state index is 12.6. The van der Waals surface area contributed by atoms with Crippen LogP contribution in [0.3, 0.4) is 0 Å². The lowest BCUT2D eigenvalue weighted by Gasteiger charge is -2.35. The number of nitrogens with zero attached hydrogens (tertiary/aromatic N) is 1. The molecule has 2 aliphatic heterocycles. The summed E-state index contributed by atoms with van der Waals surface area (Å²) < 4.78 is 11.6. The van der Waals surface area contributed by atoms with Crippen molar-refractivity contribution in [3.05, 3.63) is 24.3 Å². The Balaban J connectivity index is 1.59. The van der Waals surface area contributed by atoms with Crippen LogP contribution >= 0.6 is 0 Å². The van der Waals surface area contributed by atoms with Gasteiger partial charge in [-0.3, -0.25) is 14.5 Å². The van der Waals surface area contributed by atoms with Crippen molar-refractivity contribution >= 4 is 11.8 Å². The Morgan fingerprint density at radius 1 is 1.29 bits per heavy atom. The van der Waals surface area contributed by atoms with Crippen LogP contribution in [0.5, 0.6) is 11.5 Å². The highest BCUT2D eigenvalue weighted by Gasteiger charge is 2.35. The zero-order chi connectivity index (χ0) is 17.1. The highest BCUT2D eigenvalue weighted by atomic mass is 16.6. The lowest BCUT2D eigenvalue weighted by Crippen LogP contribution is -2.55. The van der Waals surface area contributed by atoms with Gasteiger partial charge in [0.15, 0.2) is 11.5 Å². The lowest BCUT2D eigenvalue weighted by atomic mass is 10.0. The first-order valence-electron chi connectivity index (χ1n) is 8.26. The second-order valence-electron chi connectivity index (χ2n) is 6.36. The van der Waals surface area contributed by atoms with Gasteiger partial charge in [0.25, 0.3) is 5.91 Å². The fourth-order valence-electron chi connectivity index (χ4n) is 3.23. The molecule has 1 saturated heterocycles. The number of hydrogen-bond donors (Lipinski definition) is 2. The largest absolute Gasteiger partial charge is 0.482 e.